The molecule has 2 aromatic rings. The fraction of sp³-hybridized carbons (Fsp3) is 0.450. The predicted molar refractivity (Wildman–Crippen MR) is 101 cm³/mol. The summed E-state index contributed by atoms with van der Waals surface area (Å²) in [6.07, 6.45) is 3.26. The number of hydrogen-bond acceptors (Lipinski definition) is 5. The summed E-state index contributed by atoms with van der Waals surface area (Å²) in [4.78, 5) is 23.3. The van der Waals surface area contributed by atoms with Gasteiger partial charge in [-0.1, -0.05) is 23.8 Å². The van der Waals surface area contributed by atoms with Gasteiger partial charge >= 0.3 is 0 Å². The van der Waals surface area contributed by atoms with E-state index >= 15 is 0 Å². The van der Waals surface area contributed by atoms with Gasteiger partial charge in [-0.25, -0.2) is 9.97 Å². The van der Waals surface area contributed by atoms with Gasteiger partial charge in [-0.15, -0.1) is 0 Å². The van der Waals surface area contributed by atoms with Crippen LogP contribution >= 0.6 is 0 Å². The fourth-order valence-corrected chi connectivity index (χ4v) is 3.51. The van der Waals surface area contributed by atoms with Gasteiger partial charge in [-0.3, -0.25) is 4.79 Å². The third-order valence-corrected chi connectivity index (χ3v) is 5.01. The van der Waals surface area contributed by atoms with Crippen molar-refractivity contribution < 1.29 is 9.53 Å². The summed E-state index contributed by atoms with van der Waals surface area (Å²) in [5, 5.41) is 3.12. The molecule has 0 bridgehead atoms. The fourth-order valence-electron chi connectivity index (χ4n) is 3.51. The number of carbonyl (C=O) groups is 1. The number of rotatable bonds is 6. The van der Waals surface area contributed by atoms with Crippen molar-refractivity contribution in [3.63, 3.8) is 0 Å². The summed E-state index contributed by atoms with van der Waals surface area (Å²) in [6.45, 7) is 6.65. The van der Waals surface area contributed by atoms with E-state index in [-0.39, 0.29) is 17.7 Å². The van der Waals surface area contributed by atoms with Gasteiger partial charge in [0.25, 0.3) is 0 Å². The number of ether oxygens (including phenoxy) is 1. The van der Waals surface area contributed by atoms with Crippen LogP contribution in [-0.4, -0.2) is 42.7 Å². The Bertz CT molecular complexity index is 751. The zero-order valence-corrected chi connectivity index (χ0v) is 15.6. The molecule has 3 rings (SSSR count). The van der Waals surface area contributed by atoms with Crippen LogP contribution in [0.4, 0.5) is 5.82 Å². The number of aryl methyl sites for hydroxylation is 2. The summed E-state index contributed by atoms with van der Waals surface area (Å²) < 4.78 is 5.35. The first-order valence-electron chi connectivity index (χ1n) is 8.92. The molecule has 6 nitrogen and oxygen atoms in total. The molecule has 1 fully saturated rings. The number of nitrogens with zero attached hydrogens (tertiary/aromatic N) is 3. The Morgan fingerprint density at radius 2 is 2.15 bits per heavy atom. The Labute approximate surface area is 154 Å². The van der Waals surface area contributed by atoms with Gasteiger partial charge in [0, 0.05) is 38.9 Å². The molecule has 1 aliphatic rings. The minimum absolute atomic E-state index is 0.0736. The van der Waals surface area contributed by atoms with Crippen molar-refractivity contribution in [3.8, 4) is 0 Å². The van der Waals surface area contributed by atoms with Crippen LogP contribution in [0.1, 0.15) is 16.7 Å². The van der Waals surface area contributed by atoms with Crippen molar-refractivity contribution in [2.75, 3.05) is 31.7 Å². The number of nitrogens with one attached hydrogen (secondary N) is 1. The van der Waals surface area contributed by atoms with E-state index in [1.165, 1.54) is 17.5 Å². The van der Waals surface area contributed by atoms with E-state index < -0.39 is 0 Å². The molecule has 2 heterocycles. The first-order valence-corrected chi connectivity index (χ1v) is 8.92. The van der Waals surface area contributed by atoms with Gasteiger partial charge in [0.1, 0.15) is 12.1 Å². The van der Waals surface area contributed by atoms with Crippen molar-refractivity contribution in [3.05, 3.63) is 53.5 Å². The second-order valence-corrected chi connectivity index (χ2v) is 6.94. The Morgan fingerprint density at radius 3 is 2.88 bits per heavy atom. The Hall–Kier alpha value is -2.47. The SMILES string of the molecule is COCC1CN(c2ccncn2)CC1C(=O)NCc1cc(C)ccc1C. The molecule has 1 aromatic heterocycles. The molecule has 1 aromatic carbocycles. The number of benzene rings is 1. The van der Waals surface area contributed by atoms with Crippen molar-refractivity contribution in [1.82, 2.24) is 15.3 Å². The third-order valence-electron chi connectivity index (χ3n) is 5.01. The summed E-state index contributed by atoms with van der Waals surface area (Å²) in [5.74, 6) is 0.957. The largest absolute Gasteiger partial charge is 0.384 e. The predicted octanol–water partition coefficient (Wildman–Crippen LogP) is 2.11. The first kappa shape index (κ1) is 18.3. The molecule has 2 unspecified atom stereocenters. The van der Waals surface area contributed by atoms with E-state index in [0.717, 1.165) is 17.9 Å². The lowest BCUT2D eigenvalue weighted by Gasteiger charge is -2.17. The topological polar surface area (TPSA) is 67.3 Å². The number of carbonyl (C=O) groups excluding carboxylic acids is 1. The third kappa shape index (κ3) is 4.19. The number of amides is 1. The van der Waals surface area contributed by atoms with E-state index in [1.807, 2.05) is 6.07 Å². The van der Waals surface area contributed by atoms with Gasteiger partial charge < -0.3 is 15.0 Å². The molecule has 0 aliphatic carbocycles. The highest BCUT2D eigenvalue weighted by atomic mass is 16.5. The highest BCUT2D eigenvalue weighted by Crippen LogP contribution is 2.27. The van der Waals surface area contributed by atoms with E-state index in [0.29, 0.717) is 19.7 Å². The first-order chi connectivity index (χ1) is 12.6. The van der Waals surface area contributed by atoms with Crippen LogP contribution in [-0.2, 0) is 16.1 Å². The standard InChI is InChI=1S/C20H26N4O2/c1-14-4-5-15(2)16(8-14)9-22-20(25)18-11-24(10-17(18)12-26-3)19-6-7-21-13-23-19/h4-8,13,17-18H,9-12H2,1-3H3,(H,22,25). The van der Waals surface area contributed by atoms with E-state index in [4.69, 9.17) is 4.74 Å². The molecular weight excluding hydrogens is 328 g/mol. The van der Waals surface area contributed by atoms with Crippen molar-refractivity contribution >= 4 is 11.7 Å². The smallest absolute Gasteiger partial charge is 0.225 e. The van der Waals surface area contributed by atoms with Crippen molar-refractivity contribution in [1.29, 1.82) is 0 Å². The summed E-state index contributed by atoms with van der Waals surface area (Å²) in [7, 11) is 1.68. The molecule has 0 saturated carbocycles. The summed E-state index contributed by atoms with van der Waals surface area (Å²) in [6, 6.07) is 8.19. The molecule has 26 heavy (non-hydrogen) atoms. The Morgan fingerprint density at radius 1 is 1.31 bits per heavy atom. The van der Waals surface area contributed by atoms with Crippen LogP contribution in [0, 0.1) is 25.7 Å². The lowest BCUT2D eigenvalue weighted by atomic mass is 9.96. The lowest BCUT2D eigenvalue weighted by molar-refractivity contribution is -0.126. The van der Waals surface area contributed by atoms with Crippen LogP contribution in [0.25, 0.3) is 0 Å². The molecule has 0 spiro atoms. The van der Waals surface area contributed by atoms with Crippen LogP contribution < -0.4 is 10.2 Å². The van der Waals surface area contributed by atoms with E-state index in [2.05, 4.69) is 52.2 Å². The minimum atomic E-state index is -0.116. The molecule has 0 radical (unpaired) electrons. The number of methoxy groups -OCH3 is 1. The average Bonchev–Trinajstić information content (AvgIpc) is 3.07. The zero-order valence-electron chi connectivity index (χ0n) is 15.6. The van der Waals surface area contributed by atoms with Crippen molar-refractivity contribution in [2.45, 2.75) is 20.4 Å². The molecule has 138 valence electrons. The van der Waals surface area contributed by atoms with Crippen LogP contribution in [0.5, 0.6) is 0 Å². The second kappa shape index (κ2) is 8.27. The monoisotopic (exact) mass is 354 g/mol. The van der Waals surface area contributed by atoms with Gasteiger partial charge in [0.15, 0.2) is 0 Å². The minimum Gasteiger partial charge on any atom is -0.384 e. The van der Waals surface area contributed by atoms with Gasteiger partial charge in [-0.05, 0) is 31.0 Å². The molecule has 2 atom stereocenters. The number of anilines is 1. The van der Waals surface area contributed by atoms with E-state index in [1.54, 1.807) is 13.3 Å². The summed E-state index contributed by atoms with van der Waals surface area (Å²) >= 11 is 0. The molecule has 6 heteroatoms. The number of aromatic nitrogens is 2. The van der Waals surface area contributed by atoms with E-state index in [9.17, 15) is 4.79 Å². The molecule has 1 aliphatic heterocycles. The second-order valence-electron chi connectivity index (χ2n) is 6.94. The molecule has 1 amide bonds. The quantitative estimate of drug-likeness (QED) is 0.861. The molecular formula is C20H26N4O2. The molecule has 1 N–H and O–H groups in total. The van der Waals surface area contributed by atoms with Crippen LogP contribution in [0.3, 0.4) is 0 Å². The van der Waals surface area contributed by atoms with Gasteiger partial charge in [-0.2, -0.15) is 0 Å². The van der Waals surface area contributed by atoms with Gasteiger partial charge in [0.05, 0.1) is 12.5 Å². The zero-order chi connectivity index (χ0) is 18.5. The van der Waals surface area contributed by atoms with Gasteiger partial charge in [0.2, 0.25) is 5.91 Å². The van der Waals surface area contributed by atoms with Crippen molar-refractivity contribution in [2.24, 2.45) is 11.8 Å². The molecule has 1 saturated heterocycles. The highest BCUT2D eigenvalue weighted by molar-refractivity contribution is 5.80. The highest BCUT2D eigenvalue weighted by Gasteiger charge is 2.38. The normalized spacial score (nSPS) is 19.6. The number of hydrogen-bond donors (Lipinski definition) is 1. The lowest BCUT2D eigenvalue weighted by Crippen LogP contribution is -2.36. The average molecular weight is 354 g/mol. The summed E-state index contributed by atoms with van der Waals surface area (Å²) in [5.41, 5.74) is 3.55. The Balaban J connectivity index is 1.67. The maximum atomic E-state index is 12.9. The van der Waals surface area contributed by atoms with Crippen LogP contribution in [0.15, 0.2) is 36.8 Å². The van der Waals surface area contributed by atoms with Crippen LogP contribution in [0.2, 0.25) is 0 Å². The maximum Gasteiger partial charge on any atom is 0.225 e. The maximum absolute atomic E-state index is 12.9. The Kier molecular flexibility index (Phi) is 5.83.